The molecule has 0 saturated carbocycles. The number of benzene rings is 2. The predicted octanol–water partition coefficient (Wildman–Crippen LogP) is 0.962. The van der Waals surface area contributed by atoms with Crippen molar-refractivity contribution >= 4 is 29.8 Å². The maximum Gasteiger partial charge on any atom is 0.243 e. The van der Waals surface area contributed by atoms with E-state index in [-0.39, 0.29) is 29.5 Å². The molecule has 12 heteroatoms. The van der Waals surface area contributed by atoms with E-state index in [1.165, 1.54) is 6.08 Å². The van der Waals surface area contributed by atoms with Crippen molar-refractivity contribution in [1.29, 1.82) is 0 Å². The van der Waals surface area contributed by atoms with Crippen molar-refractivity contribution in [3.63, 3.8) is 0 Å². The van der Waals surface area contributed by atoms with Gasteiger partial charge in [-0.1, -0.05) is 18.2 Å². The van der Waals surface area contributed by atoms with Gasteiger partial charge in [-0.15, -0.1) is 0 Å². The van der Waals surface area contributed by atoms with Gasteiger partial charge >= 0.3 is 0 Å². The number of unbranched alkanes of at least 4 members (excludes halogenated alkanes) is 2. The number of nitrogens with two attached hydrogens (primary N) is 4. The maximum atomic E-state index is 13.4. The molecule has 2 aromatic rings. The summed E-state index contributed by atoms with van der Waals surface area (Å²) in [6.07, 6.45) is 5.52. The van der Waals surface area contributed by atoms with Crippen molar-refractivity contribution in [3.8, 4) is 11.5 Å². The summed E-state index contributed by atoms with van der Waals surface area (Å²) in [6.45, 7) is 1.97. The zero-order chi connectivity index (χ0) is 28.9. The van der Waals surface area contributed by atoms with Gasteiger partial charge in [-0.05, 0) is 67.2 Å². The number of ether oxygens (including phenoxy) is 1. The van der Waals surface area contributed by atoms with E-state index in [4.69, 9.17) is 27.7 Å². The van der Waals surface area contributed by atoms with Gasteiger partial charge in [-0.2, -0.15) is 0 Å². The van der Waals surface area contributed by atoms with E-state index in [9.17, 15) is 14.7 Å². The van der Waals surface area contributed by atoms with Crippen LogP contribution in [0.5, 0.6) is 11.5 Å². The lowest BCUT2D eigenvalue weighted by atomic mass is 9.89. The number of aliphatic imine (C=N–C) groups is 2. The fraction of sp³-hybridized carbons (Fsp3) is 0.357. The number of guanidine groups is 2. The van der Waals surface area contributed by atoms with Gasteiger partial charge in [0, 0.05) is 37.8 Å². The lowest BCUT2D eigenvalue weighted by molar-refractivity contribution is -0.124. The topological polar surface area (TPSA) is 216 Å². The minimum Gasteiger partial charge on any atom is -0.508 e. The minimum absolute atomic E-state index is 0.0438. The highest BCUT2D eigenvalue weighted by Gasteiger charge is 2.40. The largest absolute Gasteiger partial charge is 0.508 e. The maximum absolute atomic E-state index is 13.4. The zero-order valence-electron chi connectivity index (χ0n) is 22.4. The van der Waals surface area contributed by atoms with E-state index in [0.29, 0.717) is 38.3 Å². The number of rotatable bonds is 14. The number of amides is 2. The molecule has 214 valence electrons. The Kier molecular flexibility index (Phi) is 11.2. The number of aromatic hydroxyl groups is 1. The van der Waals surface area contributed by atoms with Crippen LogP contribution in [0.15, 0.2) is 58.5 Å². The Morgan fingerprint density at radius 1 is 0.875 bits per heavy atom. The molecular formula is C28H38N8O4. The second kappa shape index (κ2) is 15.0. The Balaban J connectivity index is 1.67. The number of phenolic OH excluding ortho intramolecular Hbond substituents is 1. The molecule has 0 unspecified atom stereocenters. The summed E-state index contributed by atoms with van der Waals surface area (Å²) in [4.78, 5) is 33.5. The first kappa shape index (κ1) is 29.8. The summed E-state index contributed by atoms with van der Waals surface area (Å²) in [5.41, 5.74) is 23.5. The fourth-order valence-electron chi connectivity index (χ4n) is 4.25. The number of nitrogens with zero attached hydrogens (tertiary/aromatic N) is 2. The van der Waals surface area contributed by atoms with Gasteiger partial charge in [-0.25, -0.2) is 0 Å². The van der Waals surface area contributed by atoms with Crippen molar-refractivity contribution in [2.75, 3.05) is 26.2 Å². The third-order valence-corrected chi connectivity index (χ3v) is 6.21. The van der Waals surface area contributed by atoms with Gasteiger partial charge in [-0.3, -0.25) is 19.6 Å². The van der Waals surface area contributed by atoms with Crippen LogP contribution in [0.25, 0.3) is 6.08 Å². The Labute approximate surface area is 233 Å². The Morgan fingerprint density at radius 2 is 1.50 bits per heavy atom. The van der Waals surface area contributed by atoms with Crippen LogP contribution in [0.2, 0.25) is 0 Å². The number of nitrogens with one attached hydrogen (secondary N) is 2. The summed E-state index contributed by atoms with van der Waals surface area (Å²) in [5.74, 6) is -0.213. The first-order valence-electron chi connectivity index (χ1n) is 13.2. The third-order valence-electron chi connectivity index (χ3n) is 6.21. The fourth-order valence-corrected chi connectivity index (χ4v) is 4.25. The summed E-state index contributed by atoms with van der Waals surface area (Å²) >= 11 is 0. The molecule has 12 nitrogen and oxygen atoms in total. The molecule has 1 heterocycles. The van der Waals surface area contributed by atoms with Gasteiger partial charge in [0.05, 0.1) is 0 Å². The van der Waals surface area contributed by atoms with E-state index in [1.54, 1.807) is 36.4 Å². The first-order chi connectivity index (χ1) is 19.2. The predicted molar refractivity (Wildman–Crippen MR) is 156 cm³/mol. The highest BCUT2D eigenvalue weighted by molar-refractivity contribution is 5.92. The molecule has 0 fully saturated rings. The molecule has 11 N–H and O–H groups in total. The quantitative estimate of drug-likeness (QED) is 0.0776. The number of phenols is 1. The van der Waals surface area contributed by atoms with Crippen molar-refractivity contribution < 1.29 is 19.4 Å². The lowest BCUT2D eigenvalue weighted by Crippen LogP contribution is -2.32. The number of hydrogen-bond donors (Lipinski definition) is 7. The van der Waals surface area contributed by atoms with Gasteiger partial charge in [0.2, 0.25) is 11.8 Å². The molecule has 0 aliphatic carbocycles. The van der Waals surface area contributed by atoms with Crippen molar-refractivity contribution in [1.82, 2.24) is 10.6 Å². The van der Waals surface area contributed by atoms with Crippen LogP contribution < -0.4 is 38.3 Å². The summed E-state index contributed by atoms with van der Waals surface area (Å²) in [6, 6.07) is 12.1. The summed E-state index contributed by atoms with van der Waals surface area (Å²) in [5, 5.41) is 15.5. The van der Waals surface area contributed by atoms with Crippen LogP contribution in [0.3, 0.4) is 0 Å². The smallest absolute Gasteiger partial charge is 0.243 e. The van der Waals surface area contributed by atoms with E-state index >= 15 is 0 Å². The first-order valence-corrected chi connectivity index (χ1v) is 13.2. The normalized spacial score (nSPS) is 15.6. The van der Waals surface area contributed by atoms with Crippen molar-refractivity contribution in [3.05, 3.63) is 65.2 Å². The molecule has 2 amide bonds. The Bertz CT molecular complexity index is 1240. The van der Waals surface area contributed by atoms with Crippen molar-refractivity contribution in [2.24, 2.45) is 32.9 Å². The van der Waals surface area contributed by atoms with Crippen LogP contribution in [0, 0.1) is 0 Å². The molecule has 3 rings (SSSR count). The molecular weight excluding hydrogens is 512 g/mol. The highest BCUT2D eigenvalue weighted by atomic mass is 16.5. The van der Waals surface area contributed by atoms with Crippen LogP contribution in [0.4, 0.5) is 0 Å². The molecule has 1 aliphatic rings. The third kappa shape index (κ3) is 9.22. The molecule has 0 radical (unpaired) electrons. The van der Waals surface area contributed by atoms with Gasteiger partial charge < -0.3 is 43.4 Å². The standard InChI is InChI=1S/C28H38N8O4/c29-27(30)35-15-3-1-13-33-23(38)12-6-18-5-11-22-21(17-18)24(25(40-22)19-7-9-20(37)10-8-19)26(39)34-14-2-4-16-36-28(31)32/h5-12,17,24-25,37H,1-4,13-16H2,(H,33,38)(H,34,39)(H4,29,30,35)(H4,31,32,36)/t24-,25+/m1/s1. The zero-order valence-corrected chi connectivity index (χ0v) is 22.4. The second-order valence-electron chi connectivity index (χ2n) is 9.35. The van der Waals surface area contributed by atoms with E-state index in [2.05, 4.69) is 20.6 Å². The molecule has 40 heavy (non-hydrogen) atoms. The van der Waals surface area contributed by atoms with Gasteiger partial charge in [0.1, 0.15) is 23.5 Å². The number of hydrogen-bond acceptors (Lipinski definition) is 6. The molecule has 0 aromatic heterocycles. The molecule has 0 saturated heterocycles. The van der Waals surface area contributed by atoms with Crippen LogP contribution in [0.1, 0.15) is 54.4 Å². The Morgan fingerprint density at radius 3 is 2.12 bits per heavy atom. The number of fused-ring (bicyclic) bond motifs is 1. The van der Waals surface area contributed by atoms with E-state index < -0.39 is 12.0 Å². The van der Waals surface area contributed by atoms with Crippen molar-refractivity contribution in [2.45, 2.75) is 37.7 Å². The lowest BCUT2D eigenvalue weighted by Gasteiger charge is -2.19. The van der Waals surface area contributed by atoms with Gasteiger partial charge in [0.15, 0.2) is 11.9 Å². The molecule has 1 aliphatic heterocycles. The second-order valence-corrected chi connectivity index (χ2v) is 9.35. The average molecular weight is 551 g/mol. The monoisotopic (exact) mass is 550 g/mol. The van der Waals surface area contributed by atoms with Crippen LogP contribution in [-0.2, 0) is 9.59 Å². The summed E-state index contributed by atoms with van der Waals surface area (Å²) < 4.78 is 6.20. The van der Waals surface area contributed by atoms with Crippen LogP contribution >= 0.6 is 0 Å². The number of carbonyl (C=O) groups is 2. The highest BCUT2D eigenvalue weighted by Crippen LogP contribution is 2.46. The van der Waals surface area contributed by atoms with E-state index in [1.807, 2.05) is 12.1 Å². The van der Waals surface area contributed by atoms with Crippen LogP contribution in [-0.4, -0.2) is 55.0 Å². The molecule has 0 spiro atoms. The molecule has 0 bridgehead atoms. The number of carbonyl (C=O) groups excluding carboxylic acids is 2. The SMILES string of the molecule is NC(N)=NCCCCNC(=O)C=Cc1ccc2c(c1)[C@@H](C(=O)NCCCCN=C(N)N)[C@H](c1ccc(O)cc1)O2. The molecule has 2 aromatic carbocycles. The summed E-state index contributed by atoms with van der Waals surface area (Å²) in [7, 11) is 0. The van der Waals surface area contributed by atoms with E-state index in [0.717, 1.165) is 36.0 Å². The minimum atomic E-state index is -0.621. The average Bonchev–Trinajstić information content (AvgIpc) is 3.30. The Hall–Kier alpha value is -4.74. The van der Waals surface area contributed by atoms with Gasteiger partial charge in [0.25, 0.3) is 0 Å². The molecule has 2 atom stereocenters.